The van der Waals surface area contributed by atoms with Gasteiger partial charge in [0, 0.05) is 67.3 Å². The Morgan fingerprint density at radius 1 is 0.341 bits per heavy atom. The number of para-hydroxylation sites is 3. The molecule has 15 rings (SSSR count). The van der Waals surface area contributed by atoms with E-state index in [1.165, 1.54) is 49.8 Å². The fourth-order valence-corrected chi connectivity index (χ4v) is 13.7. The van der Waals surface area contributed by atoms with E-state index in [-0.39, 0.29) is 23.0 Å². The van der Waals surface area contributed by atoms with Crippen molar-refractivity contribution in [2.45, 2.75) is 99.3 Å². The first-order valence-electron chi connectivity index (χ1n) is 31.1. The third-order valence-electron chi connectivity index (χ3n) is 18.5. The number of fused-ring (bicyclic) bond motifs is 10. The van der Waals surface area contributed by atoms with Crippen LogP contribution in [0, 0.1) is 20.8 Å². The van der Waals surface area contributed by atoms with Crippen LogP contribution in [0.25, 0.3) is 43.9 Å². The normalized spacial score (nSPS) is 13.2. The van der Waals surface area contributed by atoms with Gasteiger partial charge in [0.15, 0.2) is 11.2 Å². The molecule has 0 unspecified atom stereocenters. The number of aryl methyl sites for hydroxylation is 3. The molecule has 6 nitrogen and oxygen atoms in total. The molecular weight excluding hydrogens is 1070 g/mol. The Hall–Kier alpha value is -9.72. The van der Waals surface area contributed by atoms with Gasteiger partial charge in [0.2, 0.25) is 0 Å². The van der Waals surface area contributed by atoms with Gasteiger partial charge >= 0.3 is 0 Å². The number of hydrogen-bond acceptors (Lipinski definition) is 6. The highest BCUT2D eigenvalue weighted by atomic mass is 16.3. The second kappa shape index (κ2) is 20.2. The average Bonchev–Trinajstić information content (AvgIpc) is 0.791. The molecule has 2 aliphatic heterocycles. The Bertz CT molecular complexity index is 4850. The van der Waals surface area contributed by atoms with E-state index in [1.54, 1.807) is 0 Å². The van der Waals surface area contributed by atoms with Crippen molar-refractivity contribution >= 4 is 135 Å². The predicted octanol–water partition coefficient (Wildman–Crippen LogP) is 21.3. The van der Waals surface area contributed by atoms with Gasteiger partial charge in [-0.05, 0) is 179 Å². The number of benzene rings is 11. The molecule has 0 amide bonds. The van der Waals surface area contributed by atoms with Gasteiger partial charge in [0.25, 0.3) is 6.71 Å². The summed E-state index contributed by atoms with van der Waals surface area (Å²) in [4.78, 5) is 9.92. The van der Waals surface area contributed by atoms with Gasteiger partial charge < -0.3 is 28.4 Å². The molecule has 2 aromatic heterocycles. The minimum absolute atomic E-state index is 0.0328. The van der Waals surface area contributed by atoms with Crippen LogP contribution in [0.2, 0.25) is 0 Å². The lowest BCUT2D eigenvalue weighted by molar-refractivity contribution is 0.590. The van der Waals surface area contributed by atoms with Gasteiger partial charge in [-0.25, -0.2) is 0 Å². The van der Waals surface area contributed by atoms with Gasteiger partial charge in [0.05, 0.1) is 22.4 Å². The zero-order valence-corrected chi connectivity index (χ0v) is 52.5. The second-order valence-electron chi connectivity index (χ2n) is 27.7. The predicted molar refractivity (Wildman–Crippen MR) is 375 cm³/mol. The summed E-state index contributed by atoms with van der Waals surface area (Å²) in [6.45, 7) is 27.3. The van der Waals surface area contributed by atoms with Crippen LogP contribution >= 0.6 is 0 Å². The van der Waals surface area contributed by atoms with Gasteiger partial charge in [-0.3, -0.25) is 0 Å². The summed E-state index contributed by atoms with van der Waals surface area (Å²) in [5.74, 6) is 0. The van der Waals surface area contributed by atoms with Crippen LogP contribution in [0.15, 0.2) is 233 Å². The molecule has 0 N–H and O–H groups in total. The summed E-state index contributed by atoms with van der Waals surface area (Å²) in [5.41, 5.74) is 27.0. The highest BCUT2D eigenvalue weighted by Crippen LogP contribution is 2.53. The molecule has 88 heavy (non-hydrogen) atoms. The van der Waals surface area contributed by atoms with E-state index in [0.717, 1.165) is 112 Å². The zero-order valence-electron chi connectivity index (χ0n) is 52.5. The van der Waals surface area contributed by atoms with Crippen molar-refractivity contribution in [3.05, 3.63) is 258 Å². The summed E-state index contributed by atoms with van der Waals surface area (Å²) >= 11 is 0. The Morgan fingerprint density at radius 3 is 1.47 bits per heavy atom. The third-order valence-corrected chi connectivity index (χ3v) is 18.5. The van der Waals surface area contributed by atoms with Crippen LogP contribution in [0.1, 0.15) is 95.7 Å². The van der Waals surface area contributed by atoms with Gasteiger partial charge in [-0.1, -0.05) is 194 Å². The third kappa shape index (κ3) is 8.99. The molecule has 2 aliphatic rings. The molecule has 432 valence electrons. The van der Waals surface area contributed by atoms with Crippen molar-refractivity contribution in [2.75, 3.05) is 19.6 Å². The first-order valence-corrected chi connectivity index (χ1v) is 31.1. The molecule has 7 heteroatoms. The lowest BCUT2D eigenvalue weighted by Crippen LogP contribution is -2.61. The SMILES string of the molecule is Cc1ccc(N(c2ccc(C)cc2)c2ccc3c(c2)N(c2ccc(C(C)(C)C)cc2)c2cc(C(C)(C)C)cc4c2B3c2cc(C(C)(C)C)ccc2N4c2ccc(N(c3ccc(C)cc3)c3cccc4c3oc3ccccc34)c3c2oc2ccccc23)cc1. The Labute approximate surface area is 518 Å². The fourth-order valence-electron chi connectivity index (χ4n) is 13.7. The number of nitrogens with zero attached hydrogens (tertiary/aromatic N) is 4. The van der Waals surface area contributed by atoms with Crippen LogP contribution in [0.4, 0.5) is 68.2 Å². The van der Waals surface area contributed by atoms with Crippen LogP contribution < -0.4 is 36.0 Å². The minimum Gasteiger partial charge on any atom is -0.454 e. The van der Waals surface area contributed by atoms with Crippen molar-refractivity contribution in [1.29, 1.82) is 0 Å². The smallest absolute Gasteiger partial charge is 0.252 e. The van der Waals surface area contributed by atoms with Crippen LogP contribution in [-0.4, -0.2) is 6.71 Å². The average molecular weight is 1150 g/mol. The Morgan fingerprint density at radius 2 is 0.852 bits per heavy atom. The van der Waals surface area contributed by atoms with E-state index in [0.29, 0.717) is 0 Å². The highest BCUT2D eigenvalue weighted by molar-refractivity contribution is 7.00. The maximum atomic E-state index is 7.46. The van der Waals surface area contributed by atoms with Crippen LogP contribution in [0.3, 0.4) is 0 Å². The summed E-state index contributed by atoms with van der Waals surface area (Å²) < 4.78 is 14.3. The minimum atomic E-state index is -0.245. The number of hydrogen-bond donors (Lipinski definition) is 0. The van der Waals surface area contributed by atoms with Gasteiger partial charge in [0.1, 0.15) is 11.2 Å². The molecule has 13 aromatic rings. The van der Waals surface area contributed by atoms with Crippen LogP contribution in [0.5, 0.6) is 0 Å². The molecule has 11 aromatic carbocycles. The summed E-state index contributed by atoms with van der Waals surface area (Å²) in [5, 5.41) is 4.21. The second-order valence-corrected chi connectivity index (χ2v) is 27.7. The van der Waals surface area contributed by atoms with Crippen molar-refractivity contribution in [2.24, 2.45) is 0 Å². The van der Waals surface area contributed by atoms with E-state index < -0.39 is 0 Å². The first kappa shape index (κ1) is 54.9. The van der Waals surface area contributed by atoms with Gasteiger partial charge in [-0.2, -0.15) is 0 Å². The number of furan rings is 2. The molecule has 0 aliphatic carbocycles. The van der Waals surface area contributed by atoms with Crippen molar-refractivity contribution in [1.82, 2.24) is 0 Å². The first-order chi connectivity index (χ1) is 42.3. The quantitative estimate of drug-likeness (QED) is 0.141. The monoisotopic (exact) mass is 1140 g/mol. The van der Waals surface area contributed by atoms with E-state index in [2.05, 4.69) is 321 Å². The molecule has 0 atom stereocenters. The maximum Gasteiger partial charge on any atom is 0.252 e. The highest BCUT2D eigenvalue weighted by Gasteiger charge is 2.46. The summed E-state index contributed by atoms with van der Waals surface area (Å²) in [6.07, 6.45) is 0. The Kier molecular flexibility index (Phi) is 12.6. The van der Waals surface area contributed by atoms with E-state index >= 15 is 0 Å². The van der Waals surface area contributed by atoms with E-state index in [9.17, 15) is 0 Å². The largest absolute Gasteiger partial charge is 0.454 e. The van der Waals surface area contributed by atoms with E-state index in [4.69, 9.17) is 8.83 Å². The van der Waals surface area contributed by atoms with Crippen LogP contribution in [-0.2, 0) is 16.2 Å². The Balaban J connectivity index is 1.03. The topological polar surface area (TPSA) is 39.2 Å². The molecule has 0 saturated heterocycles. The number of anilines is 12. The van der Waals surface area contributed by atoms with Crippen molar-refractivity contribution in [3.63, 3.8) is 0 Å². The standard InChI is InChI=1S/C81H73BN4O2/c1-50-24-33-56(34-25-50)83(57-35-26-51(2)27-36-57)60-41-42-64-70(49-60)85(59-39-30-53(31-40-59)79(4,5)6)71-47-55(81(10,11)12)48-72-76(71)82(64)65-46-54(80(7,8)9)32-43-66(65)86(72)69-45-44-67(75-63-19-14-16-23-74(63)88-78(69)75)84(58-37-28-52(3)29-38-58)68-21-17-20-62-61-18-13-15-22-73(61)87-77(62)68/h13-49H,1-12H3. The molecule has 0 saturated carbocycles. The lowest BCUT2D eigenvalue weighted by Gasteiger charge is -2.45. The molecule has 4 heterocycles. The lowest BCUT2D eigenvalue weighted by atomic mass is 9.33. The van der Waals surface area contributed by atoms with E-state index in [1.807, 2.05) is 6.07 Å². The number of rotatable bonds is 8. The molecule has 0 fully saturated rings. The molecule has 0 spiro atoms. The maximum absolute atomic E-state index is 7.46. The molecular formula is C81H73BN4O2. The molecule has 0 bridgehead atoms. The fraction of sp³-hybridized carbons (Fsp3) is 0.185. The summed E-state index contributed by atoms with van der Waals surface area (Å²) in [7, 11) is 0. The molecule has 0 radical (unpaired) electrons. The van der Waals surface area contributed by atoms with Crippen molar-refractivity contribution in [3.8, 4) is 0 Å². The summed E-state index contributed by atoms with van der Waals surface area (Å²) in [6, 6.07) is 83.7. The van der Waals surface area contributed by atoms with Gasteiger partial charge in [-0.15, -0.1) is 0 Å². The zero-order chi connectivity index (χ0) is 60.7. The van der Waals surface area contributed by atoms with Crippen molar-refractivity contribution < 1.29 is 8.83 Å².